The molecule has 3 rings (SSSR count). The number of amides is 1. The lowest BCUT2D eigenvalue weighted by atomic mass is 10.1. The Kier molecular flexibility index (Phi) is 6.37. The highest BCUT2D eigenvalue weighted by Crippen LogP contribution is 2.33. The van der Waals surface area contributed by atoms with Gasteiger partial charge in [0.15, 0.2) is 6.10 Å². The van der Waals surface area contributed by atoms with Crippen LogP contribution < -0.4 is 10.2 Å². The minimum absolute atomic E-state index is 0.00583. The molecule has 0 saturated carbocycles. The summed E-state index contributed by atoms with van der Waals surface area (Å²) in [7, 11) is 0. The molecule has 1 N–H and O–H groups in total. The average molecular weight is 462 g/mol. The molecule has 1 heterocycles. The first-order valence-corrected chi connectivity index (χ1v) is 10.1. The van der Waals surface area contributed by atoms with E-state index in [0.29, 0.717) is 17.0 Å². The fraction of sp³-hybridized carbons (Fsp3) is 0.158. The predicted octanol–water partition coefficient (Wildman–Crippen LogP) is 4.88. The Morgan fingerprint density at radius 1 is 1.39 bits per heavy atom. The van der Waals surface area contributed by atoms with E-state index in [4.69, 9.17) is 4.74 Å². The lowest BCUT2D eigenvalue weighted by Gasteiger charge is -2.17. The second-order valence-corrected chi connectivity index (χ2v) is 7.55. The molecule has 2 aromatic carbocycles. The maximum absolute atomic E-state index is 12.4. The molecule has 0 aliphatic rings. The van der Waals surface area contributed by atoms with Crippen LogP contribution in [-0.4, -0.2) is 23.1 Å². The first-order valence-electron chi connectivity index (χ1n) is 8.39. The van der Waals surface area contributed by atoms with E-state index >= 15 is 0 Å². The number of hydrogen-bond acceptors (Lipinski definition) is 6. The van der Waals surface area contributed by atoms with E-state index in [0.717, 1.165) is 15.2 Å². The van der Waals surface area contributed by atoms with E-state index < -0.39 is 16.9 Å². The molecule has 0 aliphatic heterocycles. The largest absolute Gasteiger partial charge is 0.479 e. The van der Waals surface area contributed by atoms with Gasteiger partial charge < -0.3 is 4.74 Å². The van der Waals surface area contributed by atoms with E-state index in [1.165, 1.54) is 29.0 Å². The Morgan fingerprint density at radius 2 is 2.18 bits per heavy atom. The third-order valence-corrected chi connectivity index (χ3v) is 5.62. The average Bonchev–Trinajstić information content (AvgIpc) is 3.17. The number of carbonyl (C=O) groups excluding carboxylic acids is 1. The van der Waals surface area contributed by atoms with Gasteiger partial charge >= 0.3 is 0 Å². The molecule has 0 saturated heterocycles. The number of hydrogen-bond donors (Lipinski definition) is 1. The first kappa shape index (κ1) is 20.0. The molecule has 1 unspecified atom stereocenters. The van der Waals surface area contributed by atoms with Gasteiger partial charge in [-0.25, -0.2) is 5.43 Å². The lowest BCUT2D eigenvalue weighted by Crippen LogP contribution is -2.35. The van der Waals surface area contributed by atoms with Crippen LogP contribution in [0.1, 0.15) is 18.2 Å². The van der Waals surface area contributed by atoms with Gasteiger partial charge in [-0.2, -0.15) is 5.10 Å². The molecule has 7 nitrogen and oxygen atoms in total. The van der Waals surface area contributed by atoms with E-state index in [-0.39, 0.29) is 5.69 Å². The number of rotatable bonds is 7. The first-order chi connectivity index (χ1) is 13.5. The topological polar surface area (TPSA) is 93.8 Å². The molecule has 1 aromatic heterocycles. The quantitative estimate of drug-likeness (QED) is 0.308. The number of nitro groups is 1. The van der Waals surface area contributed by atoms with Gasteiger partial charge in [-0.05, 0) is 39.2 Å². The molecule has 0 spiro atoms. The molecule has 144 valence electrons. The smallest absolute Gasteiger partial charge is 0.281 e. The van der Waals surface area contributed by atoms with Crippen LogP contribution in [0.4, 0.5) is 5.69 Å². The van der Waals surface area contributed by atoms with Gasteiger partial charge in [0.05, 0.1) is 25.9 Å². The lowest BCUT2D eigenvalue weighted by molar-refractivity contribution is -0.384. The van der Waals surface area contributed by atoms with Gasteiger partial charge in [0.25, 0.3) is 11.6 Å². The zero-order valence-electron chi connectivity index (χ0n) is 14.8. The van der Waals surface area contributed by atoms with Crippen LogP contribution in [0.2, 0.25) is 0 Å². The molecule has 1 atom stereocenters. The van der Waals surface area contributed by atoms with Gasteiger partial charge in [-0.15, -0.1) is 11.3 Å². The zero-order valence-corrected chi connectivity index (χ0v) is 17.2. The molecule has 28 heavy (non-hydrogen) atoms. The van der Waals surface area contributed by atoms with Crippen LogP contribution in [0.3, 0.4) is 0 Å². The fourth-order valence-electron chi connectivity index (χ4n) is 2.52. The summed E-state index contributed by atoms with van der Waals surface area (Å²) in [6.45, 7) is 1.84. The third-order valence-electron chi connectivity index (χ3n) is 3.94. The molecule has 1 amide bonds. The monoisotopic (exact) mass is 461 g/mol. The van der Waals surface area contributed by atoms with Crippen LogP contribution in [0.15, 0.2) is 57.4 Å². The van der Waals surface area contributed by atoms with Crippen LogP contribution in [0, 0.1) is 10.1 Å². The van der Waals surface area contributed by atoms with Crippen molar-refractivity contribution in [3.63, 3.8) is 0 Å². The molecule has 0 fully saturated rings. The van der Waals surface area contributed by atoms with Crippen LogP contribution in [0.25, 0.3) is 10.8 Å². The van der Waals surface area contributed by atoms with Crippen molar-refractivity contribution in [1.29, 1.82) is 0 Å². The molecular formula is C19H16BrN3O4S. The molecule has 0 bridgehead atoms. The van der Waals surface area contributed by atoms with Gasteiger partial charge in [-0.3, -0.25) is 14.9 Å². The van der Waals surface area contributed by atoms with Gasteiger partial charge in [0.2, 0.25) is 0 Å². The maximum atomic E-state index is 12.4. The Hall–Kier alpha value is -2.78. The summed E-state index contributed by atoms with van der Waals surface area (Å²) in [6, 6.07) is 13.0. The number of ether oxygens (including phenoxy) is 1. The van der Waals surface area contributed by atoms with Crippen molar-refractivity contribution in [2.45, 2.75) is 19.4 Å². The number of benzene rings is 2. The van der Waals surface area contributed by atoms with E-state index in [1.54, 1.807) is 0 Å². The number of fused-ring (bicyclic) bond motifs is 1. The summed E-state index contributed by atoms with van der Waals surface area (Å²) in [5.41, 5.74) is 2.42. The maximum Gasteiger partial charge on any atom is 0.281 e. The van der Waals surface area contributed by atoms with Crippen molar-refractivity contribution < 1.29 is 14.5 Å². The standard InChI is InChI=1S/C19H16BrN3O4S/c1-2-16(19(24)22-21-10-14-9-13(11-28-14)23(25)26)27-17-8-7-12-5-3-4-6-15(12)18(17)20/h3-11,16H,2H2,1H3,(H,22,24)/b21-10+. The van der Waals surface area contributed by atoms with E-state index in [2.05, 4.69) is 26.5 Å². The zero-order chi connectivity index (χ0) is 20.1. The molecular weight excluding hydrogens is 446 g/mol. The molecule has 0 aliphatic carbocycles. The van der Waals surface area contributed by atoms with Crippen LogP contribution >= 0.6 is 27.3 Å². The van der Waals surface area contributed by atoms with Crippen molar-refractivity contribution >= 4 is 55.8 Å². The van der Waals surface area contributed by atoms with Crippen molar-refractivity contribution in [2.24, 2.45) is 5.10 Å². The number of hydrazone groups is 1. The number of thiophene rings is 1. The van der Waals surface area contributed by atoms with Gasteiger partial charge in [-0.1, -0.05) is 37.3 Å². The summed E-state index contributed by atoms with van der Waals surface area (Å²) >= 11 is 4.72. The predicted molar refractivity (Wildman–Crippen MR) is 113 cm³/mol. The number of carbonyl (C=O) groups is 1. The summed E-state index contributed by atoms with van der Waals surface area (Å²) in [5, 5.41) is 18.0. The summed E-state index contributed by atoms with van der Waals surface area (Å²) < 4.78 is 6.67. The van der Waals surface area contributed by atoms with Crippen molar-refractivity contribution in [2.75, 3.05) is 0 Å². The van der Waals surface area contributed by atoms with Crippen molar-refractivity contribution in [1.82, 2.24) is 5.43 Å². The van der Waals surface area contributed by atoms with Crippen molar-refractivity contribution in [3.8, 4) is 5.75 Å². The van der Waals surface area contributed by atoms with Gasteiger partial charge in [0.1, 0.15) is 5.75 Å². The number of nitrogens with zero attached hydrogens (tertiary/aromatic N) is 2. The SMILES string of the molecule is CCC(Oc1ccc2ccccc2c1Br)C(=O)N/N=C/c1cc([N+](=O)[O-])cs1. The Labute approximate surface area is 173 Å². The number of halogens is 1. The highest BCUT2D eigenvalue weighted by Gasteiger charge is 2.20. The summed E-state index contributed by atoms with van der Waals surface area (Å²) in [5.74, 6) is 0.170. The van der Waals surface area contributed by atoms with E-state index in [9.17, 15) is 14.9 Å². The minimum atomic E-state index is -0.729. The fourth-order valence-corrected chi connectivity index (χ4v) is 3.82. The molecule has 9 heteroatoms. The van der Waals surface area contributed by atoms with Crippen LogP contribution in [0.5, 0.6) is 5.75 Å². The number of nitrogens with one attached hydrogen (secondary N) is 1. The van der Waals surface area contributed by atoms with Gasteiger partial charge in [0, 0.05) is 6.07 Å². The second kappa shape index (κ2) is 8.94. The Balaban J connectivity index is 1.67. The normalized spacial score (nSPS) is 12.2. The van der Waals surface area contributed by atoms with Crippen LogP contribution in [-0.2, 0) is 4.79 Å². The van der Waals surface area contributed by atoms with E-state index in [1.807, 2.05) is 43.3 Å². The second-order valence-electron chi connectivity index (χ2n) is 5.81. The summed E-state index contributed by atoms with van der Waals surface area (Å²) in [6.07, 6.45) is 1.09. The Bertz CT molecular complexity index is 1050. The minimum Gasteiger partial charge on any atom is -0.479 e. The highest BCUT2D eigenvalue weighted by atomic mass is 79.9. The highest BCUT2D eigenvalue weighted by molar-refractivity contribution is 9.10. The summed E-state index contributed by atoms with van der Waals surface area (Å²) in [4.78, 5) is 23.2. The molecule has 0 radical (unpaired) electrons. The molecule has 3 aromatic rings. The Morgan fingerprint density at radius 3 is 2.89 bits per heavy atom. The van der Waals surface area contributed by atoms with Crippen molar-refractivity contribution in [3.05, 3.63) is 67.3 Å². The third kappa shape index (κ3) is 4.55.